The van der Waals surface area contributed by atoms with Crippen LogP contribution in [0.2, 0.25) is 0 Å². The fraction of sp³-hybridized carbons (Fsp3) is 0.350. The van der Waals surface area contributed by atoms with Crippen molar-refractivity contribution in [3.8, 4) is 0 Å². The largest absolute Gasteiger partial charge is 0.467 e. The zero-order chi connectivity index (χ0) is 20.5. The Labute approximate surface area is 173 Å². The van der Waals surface area contributed by atoms with E-state index in [9.17, 15) is 14.4 Å². The molecule has 2 aromatic rings. The first kappa shape index (κ1) is 20.9. The van der Waals surface area contributed by atoms with E-state index in [1.54, 1.807) is 41.3 Å². The molecule has 0 aliphatic carbocycles. The van der Waals surface area contributed by atoms with Gasteiger partial charge in [-0.2, -0.15) is 0 Å². The lowest BCUT2D eigenvalue weighted by Gasteiger charge is -2.26. The van der Waals surface area contributed by atoms with Crippen LogP contribution in [0, 0.1) is 0 Å². The molecule has 3 rings (SSSR count). The second-order valence-corrected chi connectivity index (χ2v) is 7.33. The minimum absolute atomic E-state index is 0.00352. The molecule has 1 fully saturated rings. The van der Waals surface area contributed by atoms with E-state index in [1.165, 1.54) is 18.0 Å². The van der Waals surface area contributed by atoms with Gasteiger partial charge in [-0.05, 0) is 24.3 Å². The smallest absolute Gasteiger partial charge is 0.253 e. The van der Waals surface area contributed by atoms with Crippen molar-refractivity contribution in [1.29, 1.82) is 0 Å². The summed E-state index contributed by atoms with van der Waals surface area (Å²) in [6, 6.07) is 10.3. The summed E-state index contributed by atoms with van der Waals surface area (Å²) in [6.45, 7) is 2.54. The average molecular weight is 417 g/mol. The maximum absolute atomic E-state index is 12.5. The highest BCUT2D eigenvalue weighted by Crippen LogP contribution is 2.16. The molecule has 0 unspecified atom stereocenters. The van der Waals surface area contributed by atoms with Crippen molar-refractivity contribution >= 4 is 35.2 Å². The molecule has 2 heterocycles. The summed E-state index contributed by atoms with van der Waals surface area (Å²) in [7, 11) is 0. The zero-order valence-corrected chi connectivity index (χ0v) is 16.7. The van der Waals surface area contributed by atoms with Gasteiger partial charge in [-0.3, -0.25) is 14.4 Å². The van der Waals surface area contributed by atoms with Crippen LogP contribution in [-0.4, -0.2) is 60.4 Å². The fourth-order valence-corrected chi connectivity index (χ4v) is 3.50. The first-order chi connectivity index (χ1) is 14.1. The van der Waals surface area contributed by atoms with Gasteiger partial charge in [-0.1, -0.05) is 12.1 Å². The Morgan fingerprint density at radius 2 is 1.83 bits per heavy atom. The van der Waals surface area contributed by atoms with Gasteiger partial charge in [0.1, 0.15) is 5.76 Å². The number of ether oxygens (including phenoxy) is 1. The average Bonchev–Trinajstić information content (AvgIpc) is 3.26. The third kappa shape index (κ3) is 6.37. The number of nitrogens with zero attached hydrogens (tertiary/aromatic N) is 1. The molecule has 0 spiro atoms. The minimum atomic E-state index is -0.313. The van der Waals surface area contributed by atoms with Crippen LogP contribution in [0.5, 0.6) is 0 Å². The van der Waals surface area contributed by atoms with Crippen molar-refractivity contribution in [3.63, 3.8) is 0 Å². The number of thioether (sulfide) groups is 1. The lowest BCUT2D eigenvalue weighted by Crippen LogP contribution is -2.41. The Kier molecular flexibility index (Phi) is 7.71. The van der Waals surface area contributed by atoms with Crippen LogP contribution in [0.25, 0.3) is 0 Å². The van der Waals surface area contributed by atoms with Crippen LogP contribution in [0.1, 0.15) is 16.1 Å². The van der Waals surface area contributed by atoms with E-state index in [1.807, 2.05) is 0 Å². The summed E-state index contributed by atoms with van der Waals surface area (Å²) in [5.41, 5.74) is 0.788. The number of benzene rings is 1. The molecule has 0 radical (unpaired) electrons. The quantitative estimate of drug-likeness (QED) is 0.679. The SMILES string of the molecule is O=C(CSCC(=O)N1CCOCC1)Nc1ccccc1C(=O)NCc1ccco1. The Morgan fingerprint density at radius 1 is 1.03 bits per heavy atom. The highest BCUT2D eigenvalue weighted by molar-refractivity contribution is 8.00. The second kappa shape index (κ2) is 10.7. The van der Waals surface area contributed by atoms with Crippen LogP contribution in [-0.2, 0) is 20.9 Å². The molecule has 2 N–H and O–H groups in total. The van der Waals surface area contributed by atoms with Crippen LogP contribution in [0.3, 0.4) is 0 Å². The van der Waals surface area contributed by atoms with Gasteiger partial charge in [0, 0.05) is 13.1 Å². The van der Waals surface area contributed by atoms with E-state index in [-0.39, 0.29) is 35.8 Å². The number of morpholine rings is 1. The lowest BCUT2D eigenvalue weighted by molar-refractivity contribution is -0.132. The molecule has 1 aliphatic rings. The highest BCUT2D eigenvalue weighted by atomic mass is 32.2. The molecule has 29 heavy (non-hydrogen) atoms. The molecule has 1 aromatic heterocycles. The molecule has 0 saturated carbocycles. The van der Waals surface area contributed by atoms with E-state index in [0.717, 1.165) is 0 Å². The van der Waals surface area contributed by atoms with Gasteiger partial charge in [-0.15, -0.1) is 11.8 Å². The Morgan fingerprint density at radius 3 is 2.59 bits per heavy atom. The molecule has 0 bridgehead atoms. The predicted molar refractivity (Wildman–Crippen MR) is 110 cm³/mol. The number of amides is 3. The molecule has 0 atom stereocenters. The minimum Gasteiger partial charge on any atom is -0.467 e. The maximum Gasteiger partial charge on any atom is 0.253 e. The summed E-state index contributed by atoms with van der Waals surface area (Å²) in [4.78, 5) is 38.6. The fourth-order valence-electron chi connectivity index (χ4n) is 2.79. The highest BCUT2D eigenvalue weighted by Gasteiger charge is 2.18. The van der Waals surface area contributed by atoms with Gasteiger partial charge in [-0.25, -0.2) is 0 Å². The third-order valence-electron chi connectivity index (χ3n) is 4.27. The molecule has 1 aliphatic heterocycles. The van der Waals surface area contributed by atoms with Crippen molar-refractivity contribution in [2.24, 2.45) is 0 Å². The summed E-state index contributed by atoms with van der Waals surface area (Å²) in [5, 5.41) is 5.51. The van der Waals surface area contributed by atoms with Crippen molar-refractivity contribution in [1.82, 2.24) is 10.2 Å². The molecule has 1 saturated heterocycles. The summed E-state index contributed by atoms with van der Waals surface area (Å²) in [6.07, 6.45) is 1.54. The number of hydrogen-bond acceptors (Lipinski definition) is 6. The van der Waals surface area contributed by atoms with Crippen LogP contribution < -0.4 is 10.6 Å². The number of hydrogen-bond donors (Lipinski definition) is 2. The number of nitrogens with one attached hydrogen (secondary N) is 2. The third-order valence-corrected chi connectivity index (χ3v) is 5.19. The van der Waals surface area contributed by atoms with E-state index in [4.69, 9.17) is 9.15 Å². The number of rotatable bonds is 8. The van der Waals surface area contributed by atoms with Crippen molar-refractivity contribution < 1.29 is 23.5 Å². The van der Waals surface area contributed by atoms with E-state index in [2.05, 4.69) is 10.6 Å². The normalized spacial score (nSPS) is 13.7. The topological polar surface area (TPSA) is 101 Å². The van der Waals surface area contributed by atoms with E-state index in [0.29, 0.717) is 43.3 Å². The van der Waals surface area contributed by atoms with Crippen LogP contribution in [0.15, 0.2) is 47.1 Å². The monoisotopic (exact) mass is 417 g/mol. The van der Waals surface area contributed by atoms with Crippen LogP contribution in [0.4, 0.5) is 5.69 Å². The molecule has 3 amide bonds. The van der Waals surface area contributed by atoms with Gasteiger partial charge in [0.05, 0.1) is 48.8 Å². The summed E-state index contributed by atoms with van der Waals surface area (Å²) in [5.74, 6) is 0.422. The number of furan rings is 1. The first-order valence-electron chi connectivity index (χ1n) is 9.26. The van der Waals surface area contributed by atoms with Crippen molar-refractivity contribution in [3.05, 3.63) is 54.0 Å². The van der Waals surface area contributed by atoms with E-state index >= 15 is 0 Å². The molecule has 9 heteroatoms. The molecule has 154 valence electrons. The standard InChI is InChI=1S/C20H23N3O5S/c24-18(13-29-14-19(25)23-7-10-27-11-8-23)22-17-6-2-1-5-16(17)20(26)21-12-15-4-3-9-28-15/h1-6,9H,7-8,10-14H2,(H,21,26)(H,22,24). The Balaban J connectivity index is 1.47. The van der Waals surface area contributed by atoms with Crippen molar-refractivity contribution in [2.75, 3.05) is 43.1 Å². The molecular formula is C20H23N3O5S. The molecule has 8 nitrogen and oxygen atoms in total. The number of anilines is 1. The van der Waals surface area contributed by atoms with Gasteiger partial charge < -0.3 is 24.7 Å². The Hall–Kier alpha value is -2.78. The van der Waals surface area contributed by atoms with Gasteiger partial charge in [0.2, 0.25) is 11.8 Å². The van der Waals surface area contributed by atoms with Gasteiger partial charge in [0.25, 0.3) is 5.91 Å². The van der Waals surface area contributed by atoms with Gasteiger partial charge >= 0.3 is 0 Å². The lowest BCUT2D eigenvalue weighted by atomic mass is 10.1. The maximum atomic E-state index is 12.5. The zero-order valence-electron chi connectivity index (χ0n) is 15.9. The molecule has 1 aromatic carbocycles. The Bertz CT molecular complexity index is 834. The number of para-hydroxylation sites is 1. The number of carbonyl (C=O) groups is 3. The first-order valence-corrected chi connectivity index (χ1v) is 10.4. The summed E-state index contributed by atoms with van der Waals surface area (Å²) < 4.78 is 10.4. The summed E-state index contributed by atoms with van der Waals surface area (Å²) >= 11 is 1.25. The van der Waals surface area contributed by atoms with Crippen molar-refractivity contribution in [2.45, 2.75) is 6.54 Å². The predicted octanol–water partition coefficient (Wildman–Crippen LogP) is 1.74. The van der Waals surface area contributed by atoms with E-state index < -0.39 is 0 Å². The van der Waals surface area contributed by atoms with Crippen LogP contribution >= 0.6 is 11.8 Å². The second-order valence-electron chi connectivity index (χ2n) is 6.34. The number of carbonyl (C=O) groups excluding carboxylic acids is 3. The molecular weight excluding hydrogens is 394 g/mol. The van der Waals surface area contributed by atoms with Gasteiger partial charge in [0.15, 0.2) is 0 Å².